The second-order valence-corrected chi connectivity index (χ2v) is 6.85. The van der Waals surface area contributed by atoms with E-state index < -0.39 is 0 Å². The van der Waals surface area contributed by atoms with Gasteiger partial charge in [0.15, 0.2) is 11.5 Å². The van der Waals surface area contributed by atoms with Crippen molar-refractivity contribution in [1.82, 2.24) is 0 Å². The first kappa shape index (κ1) is 20.4. The van der Waals surface area contributed by atoms with Crippen molar-refractivity contribution in [3.63, 3.8) is 0 Å². The SMILES string of the molecule is COc1cc(-c2coc3ccc(OCC=Cc4ccccc4)cc23)cc(OC)c1OC. The van der Waals surface area contributed by atoms with Crippen LogP contribution in [-0.4, -0.2) is 27.9 Å². The molecule has 0 aliphatic heterocycles. The predicted molar refractivity (Wildman–Crippen MR) is 122 cm³/mol. The lowest BCUT2D eigenvalue weighted by atomic mass is 10.0. The molecule has 4 rings (SSSR count). The highest BCUT2D eigenvalue weighted by molar-refractivity contribution is 5.95. The summed E-state index contributed by atoms with van der Waals surface area (Å²) in [7, 11) is 4.79. The summed E-state index contributed by atoms with van der Waals surface area (Å²) in [5.74, 6) is 2.49. The molecule has 158 valence electrons. The van der Waals surface area contributed by atoms with Crippen LogP contribution < -0.4 is 18.9 Å². The molecule has 0 spiro atoms. The quantitative estimate of drug-likeness (QED) is 0.341. The van der Waals surface area contributed by atoms with Gasteiger partial charge in [-0.3, -0.25) is 0 Å². The molecular weight excluding hydrogens is 392 g/mol. The second kappa shape index (κ2) is 9.30. The van der Waals surface area contributed by atoms with Crippen LogP contribution in [0.15, 0.2) is 77.4 Å². The normalized spacial score (nSPS) is 11.1. The second-order valence-electron chi connectivity index (χ2n) is 6.85. The van der Waals surface area contributed by atoms with Crippen LogP contribution in [0, 0.1) is 0 Å². The molecule has 0 saturated heterocycles. The third-order valence-electron chi connectivity index (χ3n) is 4.98. The Balaban J connectivity index is 1.61. The van der Waals surface area contributed by atoms with Crippen LogP contribution in [0.2, 0.25) is 0 Å². The average molecular weight is 416 g/mol. The van der Waals surface area contributed by atoms with E-state index in [1.54, 1.807) is 27.6 Å². The summed E-state index contributed by atoms with van der Waals surface area (Å²) in [5, 5.41) is 0.943. The maximum atomic E-state index is 5.92. The number of methoxy groups -OCH3 is 3. The van der Waals surface area contributed by atoms with Gasteiger partial charge in [0.2, 0.25) is 5.75 Å². The van der Waals surface area contributed by atoms with E-state index >= 15 is 0 Å². The van der Waals surface area contributed by atoms with Crippen molar-refractivity contribution in [3.05, 3.63) is 78.6 Å². The summed E-state index contributed by atoms with van der Waals surface area (Å²) >= 11 is 0. The molecular formula is C26H24O5. The number of hydrogen-bond donors (Lipinski definition) is 0. The van der Waals surface area contributed by atoms with E-state index in [1.807, 2.05) is 60.7 Å². The van der Waals surface area contributed by atoms with E-state index in [1.165, 1.54) is 0 Å². The minimum atomic E-state index is 0.470. The number of furan rings is 1. The van der Waals surface area contributed by atoms with Gasteiger partial charge in [0, 0.05) is 10.9 Å². The Morgan fingerprint density at radius 2 is 1.58 bits per heavy atom. The minimum absolute atomic E-state index is 0.470. The molecule has 0 saturated carbocycles. The zero-order valence-corrected chi connectivity index (χ0v) is 17.8. The van der Waals surface area contributed by atoms with E-state index in [9.17, 15) is 0 Å². The molecule has 3 aromatic carbocycles. The van der Waals surface area contributed by atoms with Crippen molar-refractivity contribution in [1.29, 1.82) is 0 Å². The number of fused-ring (bicyclic) bond motifs is 1. The van der Waals surface area contributed by atoms with Crippen molar-refractivity contribution in [2.45, 2.75) is 0 Å². The summed E-state index contributed by atoms with van der Waals surface area (Å²) in [6, 6.07) is 19.7. The molecule has 0 unspecified atom stereocenters. The van der Waals surface area contributed by atoms with E-state index in [0.29, 0.717) is 23.9 Å². The smallest absolute Gasteiger partial charge is 0.203 e. The van der Waals surface area contributed by atoms with Gasteiger partial charge >= 0.3 is 0 Å². The van der Waals surface area contributed by atoms with Gasteiger partial charge < -0.3 is 23.4 Å². The van der Waals surface area contributed by atoms with Crippen LogP contribution in [0.1, 0.15) is 5.56 Å². The summed E-state index contributed by atoms with van der Waals surface area (Å²) in [6.45, 7) is 0.470. The highest BCUT2D eigenvalue weighted by atomic mass is 16.5. The number of ether oxygens (including phenoxy) is 4. The molecule has 0 N–H and O–H groups in total. The zero-order valence-electron chi connectivity index (χ0n) is 17.8. The van der Waals surface area contributed by atoms with Crippen molar-refractivity contribution >= 4 is 17.0 Å². The summed E-state index contributed by atoms with van der Waals surface area (Å²) in [4.78, 5) is 0. The summed E-state index contributed by atoms with van der Waals surface area (Å²) in [6.07, 6.45) is 5.76. The van der Waals surface area contributed by atoms with E-state index in [0.717, 1.165) is 33.4 Å². The van der Waals surface area contributed by atoms with E-state index in [-0.39, 0.29) is 0 Å². The molecule has 4 aromatic rings. The Morgan fingerprint density at radius 1 is 0.839 bits per heavy atom. The van der Waals surface area contributed by atoms with Crippen molar-refractivity contribution < 1.29 is 23.4 Å². The molecule has 0 fully saturated rings. The maximum Gasteiger partial charge on any atom is 0.203 e. The minimum Gasteiger partial charge on any atom is -0.493 e. The zero-order chi connectivity index (χ0) is 21.6. The van der Waals surface area contributed by atoms with Gasteiger partial charge in [0.1, 0.15) is 17.9 Å². The molecule has 0 aliphatic carbocycles. The van der Waals surface area contributed by atoms with Gasteiger partial charge in [-0.2, -0.15) is 0 Å². The highest BCUT2D eigenvalue weighted by Crippen LogP contribution is 2.43. The third-order valence-corrected chi connectivity index (χ3v) is 4.98. The Bertz CT molecular complexity index is 1170. The van der Waals surface area contributed by atoms with Crippen LogP contribution in [0.25, 0.3) is 28.2 Å². The standard InChI is InChI=1S/C26H24O5/c1-27-24-14-19(15-25(28-2)26(24)29-3)22-17-31-23-12-11-20(16-21(22)23)30-13-7-10-18-8-5-4-6-9-18/h4-12,14-17H,13H2,1-3H3. The van der Waals surface area contributed by atoms with Gasteiger partial charge in [0.05, 0.1) is 27.6 Å². The highest BCUT2D eigenvalue weighted by Gasteiger charge is 2.17. The fraction of sp³-hybridized carbons (Fsp3) is 0.154. The molecule has 31 heavy (non-hydrogen) atoms. The van der Waals surface area contributed by atoms with Crippen LogP contribution in [0.4, 0.5) is 0 Å². The summed E-state index contributed by atoms with van der Waals surface area (Å²) in [5.41, 5.74) is 3.73. The molecule has 0 radical (unpaired) electrons. The predicted octanol–water partition coefficient (Wildman–Crippen LogP) is 6.22. The van der Waals surface area contributed by atoms with Crippen molar-refractivity contribution in [3.8, 4) is 34.1 Å². The molecule has 1 aromatic heterocycles. The molecule has 0 atom stereocenters. The van der Waals surface area contributed by atoms with Gasteiger partial charge in [-0.1, -0.05) is 36.4 Å². The molecule has 1 heterocycles. The fourth-order valence-electron chi connectivity index (χ4n) is 3.45. The maximum absolute atomic E-state index is 5.92. The van der Waals surface area contributed by atoms with Crippen LogP contribution >= 0.6 is 0 Å². The lowest BCUT2D eigenvalue weighted by Gasteiger charge is -2.13. The molecule has 5 heteroatoms. The van der Waals surface area contributed by atoms with Gasteiger partial charge in [0.25, 0.3) is 0 Å². The van der Waals surface area contributed by atoms with Crippen molar-refractivity contribution in [2.24, 2.45) is 0 Å². The van der Waals surface area contributed by atoms with Gasteiger partial charge in [-0.05, 0) is 47.5 Å². The van der Waals surface area contributed by atoms with Crippen LogP contribution in [-0.2, 0) is 0 Å². The van der Waals surface area contributed by atoms with E-state index in [2.05, 4.69) is 12.1 Å². The van der Waals surface area contributed by atoms with Crippen LogP contribution in [0.5, 0.6) is 23.0 Å². The molecule has 0 bridgehead atoms. The topological polar surface area (TPSA) is 50.1 Å². The fourth-order valence-corrected chi connectivity index (χ4v) is 3.45. The lowest BCUT2D eigenvalue weighted by molar-refractivity contribution is 0.324. The molecule has 5 nitrogen and oxygen atoms in total. The Labute approximate surface area is 181 Å². The number of rotatable bonds is 8. The monoisotopic (exact) mass is 416 g/mol. The van der Waals surface area contributed by atoms with Crippen molar-refractivity contribution in [2.75, 3.05) is 27.9 Å². The average Bonchev–Trinajstić information content (AvgIpc) is 3.24. The Kier molecular flexibility index (Phi) is 6.13. The Hall–Kier alpha value is -3.86. The first-order chi connectivity index (χ1) is 15.2. The van der Waals surface area contributed by atoms with Gasteiger partial charge in [-0.25, -0.2) is 0 Å². The first-order valence-corrected chi connectivity index (χ1v) is 9.89. The number of hydrogen-bond acceptors (Lipinski definition) is 5. The lowest BCUT2D eigenvalue weighted by Crippen LogP contribution is -1.95. The first-order valence-electron chi connectivity index (χ1n) is 9.89. The third kappa shape index (κ3) is 4.36. The Morgan fingerprint density at radius 3 is 2.26 bits per heavy atom. The molecule has 0 amide bonds. The number of benzene rings is 3. The van der Waals surface area contributed by atoms with E-state index in [4.69, 9.17) is 23.4 Å². The molecule has 0 aliphatic rings. The largest absolute Gasteiger partial charge is 0.493 e. The summed E-state index contributed by atoms with van der Waals surface area (Å²) < 4.78 is 28.1. The van der Waals surface area contributed by atoms with Gasteiger partial charge in [-0.15, -0.1) is 0 Å². The van der Waals surface area contributed by atoms with Crippen LogP contribution in [0.3, 0.4) is 0 Å².